The number of alkyl halides is 3. The van der Waals surface area contributed by atoms with Gasteiger partial charge in [-0.15, -0.1) is 0 Å². The van der Waals surface area contributed by atoms with Gasteiger partial charge in [-0.3, -0.25) is 9.69 Å². The number of carbonyl (C=O) groups is 2. The second-order valence-corrected chi connectivity index (χ2v) is 7.69. The Morgan fingerprint density at radius 2 is 2.03 bits per heavy atom. The van der Waals surface area contributed by atoms with Crippen LogP contribution in [-0.2, 0) is 16.6 Å². The van der Waals surface area contributed by atoms with E-state index >= 15 is 0 Å². The van der Waals surface area contributed by atoms with Crippen molar-refractivity contribution in [2.45, 2.75) is 50.0 Å². The summed E-state index contributed by atoms with van der Waals surface area (Å²) in [7, 11) is 1.84. The fourth-order valence-corrected chi connectivity index (χ4v) is 3.84. The van der Waals surface area contributed by atoms with Crippen molar-refractivity contribution in [2.75, 3.05) is 19.7 Å². The molecule has 2 N–H and O–H groups in total. The van der Waals surface area contributed by atoms with Crippen LogP contribution in [0.25, 0.3) is 0 Å². The van der Waals surface area contributed by atoms with Crippen molar-refractivity contribution in [2.24, 2.45) is 13.0 Å². The van der Waals surface area contributed by atoms with Crippen LogP contribution in [0.3, 0.4) is 0 Å². The number of likely N-dealkylation sites (tertiary alicyclic amines) is 1. The van der Waals surface area contributed by atoms with Crippen molar-refractivity contribution in [3.05, 3.63) is 18.2 Å². The number of hydrogen-bond donors (Lipinski definition) is 2. The summed E-state index contributed by atoms with van der Waals surface area (Å²) in [6, 6.07) is 0.550. The smallest absolute Gasteiger partial charge is 0.475 e. The molecule has 0 unspecified atom stereocenters. The lowest BCUT2D eigenvalue weighted by molar-refractivity contribution is -0.192. The lowest BCUT2D eigenvalue weighted by atomic mass is 10.0. The second-order valence-electron chi connectivity index (χ2n) is 7.69. The number of aliphatic carboxylic acids is 1. The topological polar surface area (TPSA) is 96.7 Å². The third-order valence-corrected chi connectivity index (χ3v) is 5.40. The molecule has 8 nitrogen and oxygen atoms in total. The summed E-state index contributed by atoms with van der Waals surface area (Å²) < 4.78 is 39.5. The summed E-state index contributed by atoms with van der Waals surface area (Å²) in [6.45, 7) is 2.88. The van der Waals surface area contributed by atoms with E-state index in [9.17, 15) is 18.0 Å². The van der Waals surface area contributed by atoms with E-state index in [0.29, 0.717) is 11.9 Å². The third-order valence-electron chi connectivity index (χ3n) is 5.40. The van der Waals surface area contributed by atoms with Crippen LogP contribution in [0.1, 0.15) is 36.3 Å². The van der Waals surface area contributed by atoms with Gasteiger partial charge >= 0.3 is 12.1 Å². The fraction of sp³-hybridized carbons (Fsp3) is 0.722. The van der Waals surface area contributed by atoms with Gasteiger partial charge in [0.1, 0.15) is 0 Å². The molecule has 2 saturated heterocycles. The number of hydrogen-bond acceptors (Lipinski definition) is 5. The fourth-order valence-electron chi connectivity index (χ4n) is 3.84. The number of fused-ring (bicyclic) bond motifs is 1. The number of nitrogens with one attached hydrogen (secondary N) is 1. The number of carboxylic acids is 1. The van der Waals surface area contributed by atoms with Crippen LogP contribution in [0, 0.1) is 5.92 Å². The Bertz CT molecular complexity index is 735. The van der Waals surface area contributed by atoms with Crippen molar-refractivity contribution >= 4 is 11.9 Å². The van der Waals surface area contributed by atoms with Crippen LogP contribution in [0.2, 0.25) is 0 Å². The Hall–Kier alpha value is -2.14. The van der Waals surface area contributed by atoms with Crippen molar-refractivity contribution in [3.63, 3.8) is 0 Å². The molecule has 2 aliphatic heterocycles. The summed E-state index contributed by atoms with van der Waals surface area (Å²) in [5.74, 6) is -1.52. The minimum Gasteiger partial charge on any atom is -0.475 e. The number of nitrogens with zero attached hydrogens (tertiary/aromatic N) is 3. The van der Waals surface area contributed by atoms with Crippen LogP contribution in [0.15, 0.2) is 12.4 Å². The molecule has 4 rings (SSSR count). The molecule has 1 amide bonds. The number of carbonyl (C=O) groups excluding carboxylic acids is 1. The molecule has 0 spiro atoms. The summed E-state index contributed by atoms with van der Waals surface area (Å²) >= 11 is 0. The highest BCUT2D eigenvalue weighted by molar-refractivity contribution is 5.91. The number of aromatic nitrogens is 2. The molecule has 3 aliphatic rings. The number of halogens is 3. The highest BCUT2D eigenvalue weighted by Crippen LogP contribution is 2.35. The van der Waals surface area contributed by atoms with Crippen LogP contribution in [-0.4, -0.2) is 75.5 Å². The average Bonchev–Trinajstić information content (AvgIpc) is 3.27. The maximum Gasteiger partial charge on any atom is 0.490 e. The first-order valence-corrected chi connectivity index (χ1v) is 9.60. The van der Waals surface area contributed by atoms with Crippen molar-refractivity contribution in [3.8, 4) is 0 Å². The standard InChI is InChI=1S/C16H24N4O2.C2HF3O2/c1-19-7-6-17-15(19)16(21)18-12-10-20(9-11-4-5-11)13-3-2-8-22-14(12)13;3-2(4,5)1(6)7/h6-7,11-14H,2-5,8-10H2,1H3,(H,18,21);(H,6,7)/t12-,13-,14-;/m1./s1. The molecule has 0 aromatic carbocycles. The third kappa shape index (κ3) is 5.47. The van der Waals surface area contributed by atoms with Gasteiger partial charge in [0.05, 0.1) is 12.1 Å². The van der Waals surface area contributed by atoms with E-state index in [1.807, 2.05) is 7.05 Å². The molecule has 3 atom stereocenters. The minimum atomic E-state index is -5.08. The first-order chi connectivity index (χ1) is 13.7. The number of aryl methyl sites for hydroxylation is 1. The molecule has 1 saturated carbocycles. The highest BCUT2D eigenvalue weighted by Gasteiger charge is 2.46. The number of amides is 1. The van der Waals surface area contributed by atoms with Gasteiger partial charge in [-0.25, -0.2) is 9.78 Å². The van der Waals surface area contributed by atoms with Gasteiger partial charge < -0.3 is 19.7 Å². The van der Waals surface area contributed by atoms with E-state index in [4.69, 9.17) is 14.6 Å². The van der Waals surface area contributed by atoms with Gasteiger partial charge in [0.15, 0.2) is 5.82 Å². The second kappa shape index (κ2) is 8.70. The Morgan fingerprint density at radius 3 is 2.59 bits per heavy atom. The van der Waals surface area contributed by atoms with Gasteiger partial charge in [0.25, 0.3) is 5.91 Å². The molecule has 162 valence electrons. The Labute approximate surface area is 166 Å². The van der Waals surface area contributed by atoms with E-state index in [1.165, 1.54) is 25.8 Å². The molecule has 1 aliphatic carbocycles. The SMILES string of the molecule is Cn1ccnc1C(=O)N[C@@H]1CN(CC2CC2)[C@@H]2CCCO[C@@H]21.O=C(O)C(F)(F)F. The molecular weight excluding hydrogens is 393 g/mol. The number of imidazole rings is 1. The van der Waals surface area contributed by atoms with E-state index in [0.717, 1.165) is 25.5 Å². The lowest BCUT2D eigenvalue weighted by Gasteiger charge is -2.32. The van der Waals surface area contributed by atoms with Gasteiger partial charge in [-0.2, -0.15) is 13.2 Å². The van der Waals surface area contributed by atoms with Crippen molar-refractivity contribution in [1.29, 1.82) is 0 Å². The summed E-state index contributed by atoms with van der Waals surface area (Å²) in [4.78, 5) is 28.0. The zero-order valence-corrected chi connectivity index (χ0v) is 16.1. The summed E-state index contributed by atoms with van der Waals surface area (Å²) in [5.41, 5.74) is 0. The van der Waals surface area contributed by atoms with E-state index in [-0.39, 0.29) is 18.1 Å². The first-order valence-electron chi connectivity index (χ1n) is 9.60. The van der Waals surface area contributed by atoms with E-state index < -0.39 is 12.1 Å². The number of carboxylic acid groups (broad SMARTS) is 1. The largest absolute Gasteiger partial charge is 0.490 e. The molecule has 1 aromatic heterocycles. The lowest BCUT2D eigenvalue weighted by Crippen LogP contribution is -2.48. The van der Waals surface area contributed by atoms with E-state index in [1.54, 1.807) is 17.0 Å². The highest BCUT2D eigenvalue weighted by atomic mass is 19.4. The van der Waals surface area contributed by atoms with Crippen LogP contribution in [0.4, 0.5) is 13.2 Å². The minimum absolute atomic E-state index is 0.0771. The van der Waals surface area contributed by atoms with Crippen molar-refractivity contribution < 1.29 is 32.6 Å². The average molecular weight is 418 g/mol. The van der Waals surface area contributed by atoms with Crippen LogP contribution >= 0.6 is 0 Å². The zero-order valence-electron chi connectivity index (χ0n) is 16.1. The van der Waals surface area contributed by atoms with Crippen LogP contribution in [0.5, 0.6) is 0 Å². The molecular formula is C18H25F3N4O4. The summed E-state index contributed by atoms with van der Waals surface area (Å²) in [5, 5.41) is 10.3. The molecule has 11 heteroatoms. The maximum absolute atomic E-state index is 12.4. The van der Waals surface area contributed by atoms with Gasteiger partial charge in [0.2, 0.25) is 0 Å². The number of rotatable bonds is 4. The number of ether oxygens (including phenoxy) is 1. The molecule has 0 radical (unpaired) electrons. The first kappa shape index (κ1) is 21.6. The van der Waals surface area contributed by atoms with Crippen molar-refractivity contribution in [1.82, 2.24) is 19.8 Å². The molecule has 3 heterocycles. The summed E-state index contributed by atoms with van der Waals surface area (Å²) in [6.07, 6.45) is 3.54. The Balaban J connectivity index is 0.000000298. The molecule has 3 fully saturated rings. The maximum atomic E-state index is 12.4. The molecule has 1 aromatic rings. The normalized spacial score (nSPS) is 27.0. The van der Waals surface area contributed by atoms with Gasteiger partial charge in [-0.05, 0) is 31.6 Å². The van der Waals surface area contributed by atoms with Gasteiger partial charge in [0, 0.05) is 45.2 Å². The Morgan fingerprint density at radius 1 is 1.34 bits per heavy atom. The molecule has 0 bridgehead atoms. The van der Waals surface area contributed by atoms with Crippen LogP contribution < -0.4 is 5.32 Å². The molecule has 29 heavy (non-hydrogen) atoms. The quantitative estimate of drug-likeness (QED) is 0.768. The Kier molecular flexibility index (Phi) is 6.47. The predicted octanol–water partition coefficient (Wildman–Crippen LogP) is 1.42. The van der Waals surface area contributed by atoms with E-state index in [2.05, 4.69) is 15.2 Å². The monoisotopic (exact) mass is 418 g/mol. The predicted molar refractivity (Wildman–Crippen MR) is 95.2 cm³/mol. The zero-order chi connectivity index (χ0) is 21.2. The van der Waals surface area contributed by atoms with Gasteiger partial charge in [-0.1, -0.05) is 0 Å².